The molecule has 0 aromatic carbocycles. The van der Waals surface area contributed by atoms with Gasteiger partial charge in [0.1, 0.15) is 0 Å². The van der Waals surface area contributed by atoms with E-state index in [9.17, 15) is 0 Å². The molecule has 1 unspecified atom stereocenters. The van der Waals surface area contributed by atoms with Gasteiger partial charge in [0, 0.05) is 20.6 Å². The van der Waals surface area contributed by atoms with Gasteiger partial charge in [0.05, 0.1) is 0 Å². The Morgan fingerprint density at radius 1 is 1.23 bits per heavy atom. The molecule has 0 aliphatic rings. The van der Waals surface area contributed by atoms with Crippen LogP contribution >= 0.6 is 8.58 Å². The van der Waals surface area contributed by atoms with Crippen molar-refractivity contribution in [1.82, 2.24) is 5.32 Å². The van der Waals surface area contributed by atoms with Crippen molar-refractivity contribution in [3.8, 4) is 0 Å². The number of hydrogen-bond acceptors (Lipinski definition) is 3. The Morgan fingerprint density at radius 2 is 1.85 bits per heavy atom. The molecule has 0 aliphatic carbocycles. The molecule has 0 amide bonds. The van der Waals surface area contributed by atoms with Crippen LogP contribution in [-0.2, 0) is 9.47 Å². The van der Waals surface area contributed by atoms with E-state index in [2.05, 4.69) is 19.2 Å². The zero-order valence-corrected chi connectivity index (χ0v) is 10.1. The predicted molar refractivity (Wildman–Crippen MR) is 58.8 cm³/mol. The highest BCUT2D eigenvalue weighted by Crippen LogP contribution is 2.35. The summed E-state index contributed by atoms with van der Waals surface area (Å²) in [5.74, 6) is 0. The third-order valence-corrected chi connectivity index (χ3v) is 3.87. The van der Waals surface area contributed by atoms with Gasteiger partial charge in [-0.1, -0.05) is 22.4 Å². The predicted octanol–water partition coefficient (Wildman–Crippen LogP) is 1.63. The molecule has 0 aromatic heterocycles. The highest BCUT2D eigenvalue weighted by atomic mass is 31.1. The first-order valence-electron chi connectivity index (χ1n) is 4.80. The molecule has 0 radical (unpaired) electrons. The summed E-state index contributed by atoms with van der Waals surface area (Å²) in [5, 5.41) is 3.29. The zero-order valence-electron chi connectivity index (χ0n) is 9.14. The van der Waals surface area contributed by atoms with Crippen LogP contribution in [0.2, 0.25) is 0 Å². The molecule has 4 heteroatoms. The molecule has 0 fully saturated rings. The average Bonchev–Trinajstić information content (AvgIpc) is 2.20. The van der Waals surface area contributed by atoms with E-state index in [-0.39, 0.29) is 5.53 Å². The van der Waals surface area contributed by atoms with E-state index in [0.717, 1.165) is 25.7 Å². The third kappa shape index (κ3) is 4.92. The fourth-order valence-corrected chi connectivity index (χ4v) is 2.38. The lowest BCUT2D eigenvalue weighted by Gasteiger charge is -2.29. The summed E-state index contributed by atoms with van der Waals surface area (Å²) in [7, 11) is 4.13. The molecule has 1 N–H and O–H groups in total. The minimum atomic E-state index is -0.338. The first-order valence-corrected chi connectivity index (χ1v) is 6.01. The lowest BCUT2D eigenvalue weighted by molar-refractivity contribution is -0.138. The number of hydrogen-bond donors (Lipinski definition) is 1. The first kappa shape index (κ1) is 13.3. The van der Waals surface area contributed by atoms with Gasteiger partial charge in [0.15, 0.2) is 5.53 Å². The van der Waals surface area contributed by atoms with Crippen molar-refractivity contribution in [1.29, 1.82) is 0 Å². The van der Waals surface area contributed by atoms with E-state index < -0.39 is 0 Å². The van der Waals surface area contributed by atoms with Gasteiger partial charge in [0.2, 0.25) is 0 Å². The van der Waals surface area contributed by atoms with E-state index >= 15 is 0 Å². The summed E-state index contributed by atoms with van der Waals surface area (Å²) < 4.78 is 10.8. The van der Waals surface area contributed by atoms with Gasteiger partial charge in [-0.05, 0) is 19.3 Å². The van der Waals surface area contributed by atoms with Crippen LogP contribution in [0.1, 0.15) is 20.3 Å². The third-order valence-electron chi connectivity index (χ3n) is 2.07. The molecule has 0 bridgehead atoms. The molecule has 0 heterocycles. The van der Waals surface area contributed by atoms with Crippen molar-refractivity contribution < 1.29 is 9.47 Å². The number of ether oxygens (including phenoxy) is 2. The van der Waals surface area contributed by atoms with Gasteiger partial charge >= 0.3 is 0 Å². The maximum atomic E-state index is 5.38. The van der Waals surface area contributed by atoms with E-state index in [1.165, 1.54) is 0 Å². The van der Waals surface area contributed by atoms with E-state index in [0.29, 0.717) is 8.58 Å². The number of methoxy groups -OCH3 is 2. The molecule has 0 aliphatic heterocycles. The standard InChI is InChI=1S/C9H22NO2P/c1-5-9(11-3,12-4)13-8-7-10-6-2/h10,13H,5-8H2,1-4H3. The van der Waals surface area contributed by atoms with Crippen molar-refractivity contribution >= 4 is 8.58 Å². The molecule has 1 atom stereocenters. The zero-order chi connectivity index (χ0) is 10.2. The Labute approximate surface area is 83.4 Å². The summed E-state index contributed by atoms with van der Waals surface area (Å²) >= 11 is 0. The quantitative estimate of drug-likeness (QED) is 0.373. The molecule has 13 heavy (non-hydrogen) atoms. The summed E-state index contributed by atoms with van der Waals surface area (Å²) in [4.78, 5) is 0. The Bertz CT molecular complexity index is 110. The van der Waals surface area contributed by atoms with Crippen LogP contribution in [0.15, 0.2) is 0 Å². The monoisotopic (exact) mass is 207 g/mol. The Balaban J connectivity index is 3.68. The Morgan fingerprint density at radius 3 is 2.23 bits per heavy atom. The summed E-state index contributed by atoms with van der Waals surface area (Å²) in [5.41, 5.74) is -0.338. The molecule has 0 saturated heterocycles. The molecule has 0 spiro atoms. The van der Waals surface area contributed by atoms with Crippen molar-refractivity contribution in [3.63, 3.8) is 0 Å². The summed E-state index contributed by atoms with van der Waals surface area (Å²) in [6, 6.07) is 0. The molecule has 0 aromatic rings. The van der Waals surface area contributed by atoms with Crippen LogP contribution in [0.25, 0.3) is 0 Å². The van der Waals surface area contributed by atoms with E-state index in [1.807, 2.05) is 0 Å². The normalized spacial score (nSPS) is 12.9. The van der Waals surface area contributed by atoms with Crippen molar-refractivity contribution in [2.45, 2.75) is 25.8 Å². The summed E-state index contributed by atoms with van der Waals surface area (Å²) in [6.45, 7) is 6.28. The average molecular weight is 207 g/mol. The van der Waals surface area contributed by atoms with Crippen LogP contribution in [0.4, 0.5) is 0 Å². The van der Waals surface area contributed by atoms with E-state index in [1.54, 1.807) is 14.2 Å². The largest absolute Gasteiger partial charge is 0.350 e. The Hall–Kier alpha value is 0.310. The lowest BCUT2D eigenvalue weighted by atomic mass is 10.5. The maximum absolute atomic E-state index is 5.38. The van der Waals surface area contributed by atoms with Gasteiger partial charge in [-0.2, -0.15) is 0 Å². The van der Waals surface area contributed by atoms with Gasteiger partial charge in [-0.15, -0.1) is 0 Å². The van der Waals surface area contributed by atoms with E-state index in [4.69, 9.17) is 9.47 Å². The SMILES string of the molecule is CCNCCPC(CC)(OC)OC. The highest BCUT2D eigenvalue weighted by Gasteiger charge is 2.25. The minimum Gasteiger partial charge on any atom is -0.350 e. The fourth-order valence-electron chi connectivity index (χ4n) is 1.16. The molecule has 0 rings (SSSR count). The second-order valence-electron chi connectivity index (χ2n) is 2.80. The number of rotatable bonds is 8. The molecule has 3 nitrogen and oxygen atoms in total. The van der Waals surface area contributed by atoms with Crippen LogP contribution in [0, 0.1) is 0 Å². The molecular formula is C9H22NO2P. The van der Waals surface area contributed by atoms with Gasteiger partial charge in [-0.3, -0.25) is 0 Å². The lowest BCUT2D eigenvalue weighted by Crippen LogP contribution is -2.29. The highest BCUT2D eigenvalue weighted by molar-refractivity contribution is 7.39. The second-order valence-corrected chi connectivity index (χ2v) is 4.41. The maximum Gasteiger partial charge on any atom is 0.182 e. The van der Waals surface area contributed by atoms with Crippen LogP contribution in [0.5, 0.6) is 0 Å². The second kappa shape index (κ2) is 7.69. The molecule has 0 saturated carbocycles. The Kier molecular flexibility index (Phi) is 7.87. The molecular weight excluding hydrogens is 185 g/mol. The van der Waals surface area contributed by atoms with Gasteiger partial charge < -0.3 is 14.8 Å². The minimum absolute atomic E-state index is 0.338. The smallest absolute Gasteiger partial charge is 0.182 e. The van der Waals surface area contributed by atoms with Crippen LogP contribution in [-0.4, -0.2) is 39.0 Å². The van der Waals surface area contributed by atoms with Crippen molar-refractivity contribution in [2.24, 2.45) is 0 Å². The van der Waals surface area contributed by atoms with Crippen molar-refractivity contribution in [3.05, 3.63) is 0 Å². The fraction of sp³-hybridized carbons (Fsp3) is 1.00. The molecule has 80 valence electrons. The van der Waals surface area contributed by atoms with Crippen molar-refractivity contribution in [2.75, 3.05) is 33.5 Å². The first-order chi connectivity index (χ1) is 6.24. The van der Waals surface area contributed by atoms with Gasteiger partial charge in [-0.25, -0.2) is 0 Å². The number of nitrogens with one attached hydrogen (secondary N) is 1. The summed E-state index contributed by atoms with van der Waals surface area (Å²) in [6.07, 6.45) is 2.02. The van der Waals surface area contributed by atoms with Crippen LogP contribution < -0.4 is 5.32 Å². The van der Waals surface area contributed by atoms with Crippen LogP contribution in [0.3, 0.4) is 0 Å². The topological polar surface area (TPSA) is 30.5 Å². The van der Waals surface area contributed by atoms with Gasteiger partial charge in [0.25, 0.3) is 0 Å².